The summed E-state index contributed by atoms with van der Waals surface area (Å²) in [4.78, 5) is 25.6. The van der Waals surface area contributed by atoms with Crippen molar-refractivity contribution in [2.45, 2.75) is 0 Å². The maximum absolute atomic E-state index is 8.55. The second-order valence-electron chi connectivity index (χ2n) is 0.447. The van der Waals surface area contributed by atoms with Gasteiger partial charge in [-0.25, -0.2) is 0 Å². The maximum atomic E-state index is 8.55. The van der Waals surface area contributed by atoms with Gasteiger partial charge in [0.05, 0.1) is 0 Å². The average Bonchev–Trinajstić information content (AvgIpc) is 0.722. The maximum Gasteiger partial charge on any atom is 2.00 e. The smallest absolute Gasteiger partial charge is 0.822 e. The third-order valence-electron chi connectivity index (χ3n) is 0. The summed E-state index contributed by atoms with van der Waals surface area (Å²) in [7, 11) is -5.39. The van der Waals surface area contributed by atoms with Gasteiger partial charge in [-0.2, -0.15) is 7.82 Å². The molecule has 0 aromatic rings. The van der Waals surface area contributed by atoms with Crippen LogP contribution in [0.25, 0.3) is 0 Å². The van der Waals surface area contributed by atoms with Crippen molar-refractivity contribution < 1.29 is 71.2 Å². The van der Waals surface area contributed by atoms with Crippen molar-refractivity contribution in [3.63, 3.8) is 0 Å². The van der Waals surface area contributed by atoms with E-state index in [4.69, 9.17) is 19.2 Å². The van der Waals surface area contributed by atoms with Crippen LogP contribution in [0.2, 0.25) is 0 Å². The molecule has 0 saturated carbocycles. The molecule has 0 unspecified atom stereocenters. The zero-order valence-corrected chi connectivity index (χ0v) is 9.88. The van der Waals surface area contributed by atoms with Crippen molar-refractivity contribution in [1.82, 2.24) is 0 Å². The van der Waals surface area contributed by atoms with Gasteiger partial charge in [-0.1, -0.05) is 0 Å². The van der Waals surface area contributed by atoms with Crippen LogP contribution in [0.3, 0.4) is 0 Å². The van der Waals surface area contributed by atoms with Crippen molar-refractivity contribution >= 4 is 30.9 Å². The Morgan fingerprint density at radius 3 is 1.12 bits per heavy atom. The van der Waals surface area contributed by atoms with Crippen LogP contribution in [0.5, 0.6) is 0 Å². The van der Waals surface area contributed by atoms with Crippen LogP contribution >= 0.6 is 7.82 Å². The van der Waals surface area contributed by atoms with Crippen LogP contribution in [0, 0.1) is 0 Å². The molecule has 4 nitrogen and oxygen atoms in total. The molecular weight excluding hydrogens is 250 g/mol. The Morgan fingerprint density at radius 2 is 1.12 bits per heavy atom. The minimum Gasteiger partial charge on any atom is -0.822 e. The van der Waals surface area contributed by atoms with Gasteiger partial charge in [-0.15, -0.1) is 0 Å². The molecule has 0 rings (SSSR count). The minimum atomic E-state index is -5.39. The Hall–Kier alpha value is 2.62. The monoisotopic (exact) mass is 249 g/mol. The van der Waals surface area contributed by atoms with Gasteiger partial charge in [0.15, 0.2) is 0 Å². The molecule has 0 atom stereocenters. The summed E-state index contributed by atoms with van der Waals surface area (Å²) < 4.78 is 8.55. The summed E-state index contributed by atoms with van der Waals surface area (Å²) in [5.74, 6) is 0. The zero-order chi connectivity index (χ0) is 4.50. The normalized spacial score (nSPS) is 7.38. The molecule has 0 amide bonds. The fourth-order valence-corrected chi connectivity index (χ4v) is 0. The van der Waals surface area contributed by atoms with E-state index < -0.39 is 7.82 Å². The van der Waals surface area contributed by atoms with E-state index in [1.807, 2.05) is 0 Å². The Morgan fingerprint density at radius 1 is 1.12 bits per heavy atom. The standard InChI is InChI=1S/Ag.Mg.Na.H3O4P/c;;;1-5(2,3)4/h;;;(H3,1,2,3,4)/q+1;+2;+1;/p-3. The van der Waals surface area contributed by atoms with E-state index in [1.54, 1.807) is 0 Å². The molecule has 0 spiro atoms. The summed E-state index contributed by atoms with van der Waals surface area (Å²) in [6.07, 6.45) is 0. The third-order valence-corrected chi connectivity index (χ3v) is 0. The second-order valence-corrected chi connectivity index (χ2v) is 1.34. The molecule has 0 saturated heterocycles. The Bertz CT molecular complexity index is 62.2. The van der Waals surface area contributed by atoms with E-state index in [0.29, 0.717) is 0 Å². The van der Waals surface area contributed by atoms with Gasteiger partial charge >= 0.3 is 75.0 Å². The molecule has 0 aliphatic rings. The van der Waals surface area contributed by atoms with Gasteiger partial charge in [0, 0.05) is 0 Å². The van der Waals surface area contributed by atoms with Crippen LogP contribution < -0.4 is 44.2 Å². The Balaban J connectivity index is -0.0000000267. The molecule has 8 heavy (non-hydrogen) atoms. The fourth-order valence-electron chi connectivity index (χ4n) is 0. The first-order valence-electron chi connectivity index (χ1n) is 0.730. The van der Waals surface area contributed by atoms with Gasteiger partial charge in [-0.05, 0) is 0 Å². The van der Waals surface area contributed by atoms with E-state index in [9.17, 15) is 0 Å². The van der Waals surface area contributed by atoms with E-state index in [1.165, 1.54) is 0 Å². The van der Waals surface area contributed by atoms with E-state index in [-0.39, 0.29) is 75.0 Å². The van der Waals surface area contributed by atoms with Crippen molar-refractivity contribution in [2.24, 2.45) is 0 Å². The zero-order valence-electron chi connectivity index (χ0n) is 4.09. The van der Waals surface area contributed by atoms with Crippen molar-refractivity contribution in [2.75, 3.05) is 0 Å². The summed E-state index contributed by atoms with van der Waals surface area (Å²) in [5.41, 5.74) is 0. The first-order valence-corrected chi connectivity index (χ1v) is 2.19. The van der Waals surface area contributed by atoms with Crippen molar-refractivity contribution in [1.29, 1.82) is 0 Å². The summed E-state index contributed by atoms with van der Waals surface area (Å²) >= 11 is 0. The van der Waals surface area contributed by atoms with Crippen LogP contribution in [-0.4, -0.2) is 23.1 Å². The SMILES string of the molecule is O=P([O-])([O-])[O-].[Ag+].[Mg+2].[Na+]. The molecule has 42 valence electrons. The van der Waals surface area contributed by atoms with Crippen LogP contribution in [0.4, 0.5) is 0 Å². The Labute approximate surface area is 101 Å². The van der Waals surface area contributed by atoms with Crippen LogP contribution in [-0.2, 0) is 26.9 Å². The molecule has 0 aliphatic carbocycles. The molecular formula is AgMgNaO4P+. The predicted molar refractivity (Wildman–Crippen MR) is 13.4 cm³/mol. The first-order chi connectivity index (χ1) is 2.00. The number of rotatable bonds is 0. The molecule has 0 bridgehead atoms. The first kappa shape index (κ1) is 22.4. The average molecular weight is 250 g/mol. The van der Waals surface area contributed by atoms with Gasteiger partial charge in [0.1, 0.15) is 0 Å². The molecule has 0 aromatic heterocycles. The topological polar surface area (TPSA) is 86.2 Å². The van der Waals surface area contributed by atoms with Crippen molar-refractivity contribution in [3.8, 4) is 0 Å². The molecule has 8 heteroatoms. The number of hydrogen-bond acceptors (Lipinski definition) is 4. The molecule has 0 heterocycles. The van der Waals surface area contributed by atoms with Crippen molar-refractivity contribution in [3.05, 3.63) is 0 Å². The molecule has 0 N–H and O–H groups in total. The van der Waals surface area contributed by atoms with E-state index >= 15 is 0 Å². The minimum absolute atomic E-state index is 0. The predicted octanol–water partition coefficient (Wildman–Crippen LogP) is -6.20. The van der Waals surface area contributed by atoms with Gasteiger partial charge in [0.25, 0.3) is 0 Å². The molecule has 0 radical (unpaired) electrons. The summed E-state index contributed by atoms with van der Waals surface area (Å²) in [6, 6.07) is 0. The largest absolute Gasteiger partial charge is 2.00 e. The van der Waals surface area contributed by atoms with E-state index in [2.05, 4.69) is 0 Å². The number of hydrogen-bond donors (Lipinski definition) is 0. The van der Waals surface area contributed by atoms with Gasteiger partial charge in [0.2, 0.25) is 0 Å². The molecule has 0 aliphatic heterocycles. The van der Waals surface area contributed by atoms with Gasteiger partial charge in [-0.3, -0.25) is 0 Å². The fraction of sp³-hybridized carbons (Fsp3) is 0. The third kappa shape index (κ3) is 73.0. The number of phosphoric acid groups is 1. The van der Waals surface area contributed by atoms with E-state index in [0.717, 1.165) is 0 Å². The summed E-state index contributed by atoms with van der Waals surface area (Å²) in [6.45, 7) is 0. The summed E-state index contributed by atoms with van der Waals surface area (Å²) in [5, 5.41) is 0. The molecule has 0 fully saturated rings. The second kappa shape index (κ2) is 9.62. The Kier molecular flexibility index (Phi) is 27.0. The quantitative estimate of drug-likeness (QED) is 0.316. The van der Waals surface area contributed by atoms with Gasteiger partial charge < -0.3 is 19.2 Å². The molecule has 0 aromatic carbocycles. The van der Waals surface area contributed by atoms with Crippen LogP contribution in [0.15, 0.2) is 0 Å². The van der Waals surface area contributed by atoms with Crippen LogP contribution in [0.1, 0.15) is 0 Å².